The maximum absolute atomic E-state index is 12.5. The van der Waals surface area contributed by atoms with Gasteiger partial charge in [0.2, 0.25) is 0 Å². The molecule has 0 amide bonds. The summed E-state index contributed by atoms with van der Waals surface area (Å²) < 4.78 is 7.57. The largest absolute Gasteiger partial charge is 0.423 e. The van der Waals surface area contributed by atoms with E-state index in [4.69, 9.17) is 4.74 Å². The summed E-state index contributed by atoms with van der Waals surface area (Å²) in [4.78, 5) is 12.5. The summed E-state index contributed by atoms with van der Waals surface area (Å²) in [7, 11) is 0. The van der Waals surface area contributed by atoms with Gasteiger partial charge in [-0.15, -0.1) is 6.58 Å². The van der Waals surface area contributed by atoms with Crippen LogP contribution in [0.3, 0.4) is 0 Å². The van der Waals surface area contributed by atoms with E-state index < -0.39 is 0 Å². The van der Waals surface area contributed by atoms with Crippen molar-refractivity contribution in [2.75, 3.05) is 0 Å². The van der Waals surface area contributed by atoms with Crippen LogP contribution in [0.4, 0.5) is 0 Å². The Morgan fingerprint density at radius 2 is 1.74 bits per heavy atom. The van der Waals surface area contributed by atoms with Crippen molar-refractivity contribution >= 4 is 37.8 Å². The molecule has 1 aliphatic rings. The topological polar surface area (TPSA) is 26.3 Å². The first-order valence-corrected chi connectivity index (χ1v) is 10.2. The van der Waals surface area contributed by atoms with Crippen molar-refractivity contribution < 1.29 is 9.53 Å². The third-order valence-corrected chi connectivity index (χ3v) is 5.91. The molecule has 4 rings (SSSR count). The summed E-state index contributed by atoms with van der Waals surface area (Å²) in [5.74, 6) is 0.205. The molecule has 0 spiro atoms. The van der Waals surface area contributed by atoms with Gasteiger partial charge in [-0.3, -0.25) is 0 Å². The molecule has 0 radical (unpaired) electrons. The molecule has 27 heavy (non-hydrogen) atoms. The fraction of sp³-hybridized carbons (Fsp3) is 0.0870. The van der Waals surface area contributed by atoms with Crippen molar-refractivity contribution in [2.24, 2.45) is 0 Å². The maximum atomic E-state index is 12.5. The molecule has 3 aromatic rings. The summed E-state index contributed by atoms with van der Waals surface area (Å²) in [6, 6.07) is 17.7. The smallest absolute Gasteiger partial charge is 0.343 e. The molecule has 0 aliphatic heterocycles. The summed E-state index contributed by atoms with van der Waals surface area (Å²) in [6.07, 6.45) is 3.42. The van der Waals surface area contributed by atoms with Gasteiger partial charge in [0.15, 0.2) is 0 Å². The number of hydrogen-bond acceptors (Lipinski definition) is 2. The van der Waals surface area contributed by atoms with Crippen LogP contribution in [0.2, 0.25) is 0 Å². The lowest BCUT2D eigenvalue weighted by Gasteiger charge is -2.08. The zero-order chi connectivity index (χ0) is 19.0. The van der Waals surface area contributed by atoms with Gasteiger partial charge in [-0.25, -0.2) is 4.79 Å². The molecule has 0 fully saturated rings. The van der Waals surface area contributed by atoms with Crippen LogP contribution in [0.1, 0.15) is 27.0 Å². The van der Waals surface area contributed by atoms with E-state index in [1.165, 1.54) is 22.3 Å². The molecule has 0 atom stereocenters. The lowest BCUT2D eigenvalue weighted by Crippen LogP contribution is -2.09. The zero-order valence-electron chi connectivity index (χ0n) is 14.5. The molecule has 0 bridgehead atoms. The summed E-state index contributed by atoms with van der Waals surface area (Å²) >= 11 is 7.03. The van der Waals surface area contributed by atoms with E-state index in [9.17, 15) is 4.79 Å². The zero-order valence-corrected chi connectivity index (χ0v) is 17.6. The van der Waals surface area contributed by atoms with Gasteiger partial charge in [-0.2, -0.15) is 0 Å². The number of rotatable bonds is 4. The van der Waals surface area contributed by atoms with E-state index in [1.54, 1.807) is 12.1 Å². The first-order valence-electron chi connectivity index (χ1n) is 8.58. The minimum atomic E-state index is -0.362. The number of halogens is 2. The molecule has 0 heterocycles. The molecule has 0 saturated heterocycles. The van der Waals surface area contributed by atoms with Crippen LogP contribution in [0.15, 0.2) is 76.2 Å². The molecule has 2 nitrogen and oxygen atoms in total. The summed E-state index contributed by atoms with van der Waals surface area (Å²) in [5, 5.41) is 0. The standard InChI is InChI=1S/C23H16Br2O2/c1-2-3-14-4-5-15(13-22(14)25)23(26)27-19-7-9-21-17(12-19)10-16-11-18(24)6-8-20(16)21/h2,4-9,11-13H,1,3,10H2. The number of esters is 1. The second-order valence-electron chi connectivity index (χ2n) is 6.49. The fourth-order valence-electron chi connectivity index (χ4n) is 3.38. The quantitative estimate of drug-likeness (QED) is 0.183. The highest BCUT2D eigenvalue weighted by atomic mass is 79.9. The van der Waals surface area contributed by atoms with Crippen LogP contribution in [0, 0.1) is 0 Å². The highest BCUT2D eigenvalue weighted by molar-refractivity contribution is 9.10. The molecule has 1 aliphatic carbocycles. The lowest BCUT2D eigenvalue weighted by atomic mass is 10.1. The Hall–Kier alpha value is -2.17. The van der Waals surface area contributed by atoms with Crippen LogP contribution in [-0.4, -0.2) is 5.97 Å². The predicted octanol–water partition coefficient (Wildman–Crippen LogP) is 6.73. The Kier molecular flexibility index (Phi) is 5.02. The Bertz CT molecular complexity index is 1070. The molecular weight excluding hydrogens is 468 g/mol. The van der Waals surface area contributed by atoms with E-state index in [0.717, 1.165) is 27.4 Å². The molecule has 0 unspecified atom stereocenters. The van der Waals surface area contributed by atoms with Crippen molar-refractivity contribution in [3.8, 4) is 16.9 Å². The van der Waals surface area contributed by atoms with Gasteiger partial charge in [0.1, 0.15) is 5.75 Å². The van der Waals surface area contributed by atoms with E-state index in [-0.39, 0.29) is 5.97 Å². The van der Waals surface area contributed by atoms with Gasteiger partial charge in [0.25, 0.3) is 0 Å². The minimum Gasteiger partial charge on any atom is -0.423 e. The maximum Gasteiger partial charge on any atom is 0.343 e. The Balaban J connectivity index is 1.55. The SMILES string of the molecule is C=CCc1ccc(C(=O)Oc2ccc3c(c2)Cc2cc(Br)ccc2-3)cc1Br. The van der Waals surface area contributed by atoms with E-state index in [0.29, 0.717) is 11.3 Å². The average molecular weight is 484 g/mol. The first-order chi connectivity index (χ1) is 13.0. The van der Waals surface area contributed by atoms with Crippen molar-refractivity contribution in [1.82, 2.24) is 0 Å². The monoisotopic (exact) mass is 482 g/mol. The van der Waals surface area contributed by atoms with Crippen LogP contribution >= 0.6 is 31.9 Å². The van der Waals surface area contributed by atoms with Crippen LogP contribution < -0.4 is 4.74 Å². The van der Waals surface area contributed by atoms with E-state index >= 15 is 0 Å². The van der Waals surface area contributed by atoms with Gasteiger partial charge < -0.3 is 4.74 Å². The number of carbonyl (C=O) groups excluding carboxylic acids is 1. The van der Waals surface area contributed by atoms with Crippen molar-refractivity contribution in [3.63, 3.8) is 0 Å². The van der Waals surface area contributed by atoms with Crippen LogP contribution in [-0.2, 0) is 12.8 Å². The Morgan fingerprint density at radius 3 is 2.48 bits per heavy atom. The van der Waals surface area contributed by atoms with Gasteiger partial charge in [0, 0.05) is 8.95 Å². The third kappa shape index (κ3) is 3.64. The average Bonchev–Trinajstić information content (AvgIpc) is 3.00. The molecule has 3 aromatic carbocycles. The molecule has 134 valence electrons. The number of fused-ring (bicyclic) bond motifs is 3. The number of ether oxygens (including phenoxy) is 1. The number of carbonyl (C=O) groups is 1. The number of hydrogen-bond donors (Lipinski definition) is 0. The van der Waals surface area contributed by atoms with Gasteiger partial charge in [-0.05, 0) is 77.1 Å². The minimum absolute atomic E-state index is 0.362. The summed E-state index contributed by atoms with van der Waals surface area (Å²) in [6.45, 7) is 3.74. The molecule has 0 saturated carbocycles. The third-order valence-electron chi connectivity index (χ3n) is 4.68. The van der Waals surface area contributed by atoms with E-state index in [1.807, 2.05) is 30.3 Å². The second kappa shape index (κ2) is 7.45. The van der Waals surface area contributed by atoms with Gasteiger partial charge in [0.05, 0.1) is 5.56 Å². The normalized spacial score (nSPS) is 11.6. The van der Waals surface area contributed by atoms with Gasteiger partial charge >= 0.3 is 5.97 Å². The molecule has 4 heteroatoms. The first kappa shape index (κ1) is 18.2. The highest BCUT2D eigenvalue weighted by Crippen LogP contribution is 2.39. The predicted molar refractivity (Wildman–Crippen MR) is 115 cm³/mol. The van der Waals surface area contributed by atoms with Crippen molar-refractivity contribution in [1.29, 1.82) is 0 Å². The van der Waals surface area contributed by atoms with Crippen LogP contribution in [0.5, 0.6) is 5.75 Å². The number of allylic oxidation sites excluding steroid dienone is 1. The van der Waals surface area contributed by atoms with Crippen LogP contribution in [0.25, 0.3) is 11.1 Å². The highest BCUT2D eigenvalue weighted by Gasteiger charge is 2.20. The second-order valence-corrected chi connectivity index (χ2v) is 8.26. The van der Waals surface area contributed by atoms with Crippen molar-refractivity contribution in [3.05, 3.63) is 98.5 Å². The molecule has 0 aromatic heterocycles. The molecule has 0 N–H and O–H groups in total. The number of benzene rings is 3. The Labute approximate surface area is 175 Å². The fourth-order valence-corrected chi connectivity index (χ4v) is 4.33. The lowest BCUT2D eigenvalue weighted by molar-refractivity contribution is 0.0734. The summed E-state index contributed by atoms with van der Waals surface area (Å²) in [5.41, 5.74) is 6.51. The van der Waals surface area contributed by atoms with Gasteiger partial charge in [-0.1, -0.05) is 56.1 Å². The van der Waals surface area contributed by atoms with E-state index in [2.05, 4.69) is 56.6 Å². The Morgan fingerprint density at radius 1 is 1.00 bits per heavy atom. The van der Waals surface area contributed by atoms with Crippen molar-refractivity contribution in [2.45, 2.75) is 12.8 Å². The molecular formula is C23H16Br2O2.